The molecule has 0 aliphatic carbocycles. The lowest BCUT2D eigenvalue weighted by atomic mass is 9.92. The van der Waals surface area contributed by atoms with Crippen LogP contribution in [-0.4, -0.2) is 19.8 Å². The first-order valence-electron chi connectivity index (χ1n) is 6.72. The van der Waals surface area contributed by atoms with Gasteiger partial charge in [-0.05, 0) is 23.7 Å². The van der Waals surface area contributed by atoms with Crippen molar-refractivity contribution in [3.05, 3.63) is 0 Å². The lowest BCUT2D eigenvalue weighted by Gasteiger charge is -2.22. The van der Waals surface area contributed by atoms with Crippen molar-refractivity contribution >= 4 is 0 Å². The van der Waals surface area contributed by atoms with Crippen molar-refractivity contribution in [3.63, 3.8) is 0 Å². The Morgan fingerprint density at radius 1 is 0.875 bits per heavy atom. The zero-order chi connectivity index (χ0) is 12.6. The van der Waals surface area contributed by atoms with Gasteiger partial charge < -0.3 is 4.74 Å². The molecule has 0 aliphatic rings. The van der Waals surface area contributed by atoms with Gasteiger partial charge in [-0.1, -0.05) is 47.5 Å². The van der Waals surface area contributed by atoms with Crippen LogP contribution >= 0.6 is 0 Å². The fraction of sp³-hybridized carbons (Fsp3) is 1.00. The van der Waals surface area contributed by atoms with Gasteiger partial charge in [-0.2, -0.15) is 0 Å². The average molecular weight is 229 g/mol. The SMILES string of the molecule is CCC(C)C(C)COCC(C)C(CC)C[O]. The number of hydrogen-bond acceptors (Lipinski definition) is 1. The van der Waals surface area contributed by atoms with Crippen LogP contribution < -0.4 is 0 Å². The van der Waals surface area contributed by atoms with Gasteiger partial charge in [-0.25, -0.2) is 5.11 Å². The molecule has 0 rings (SSSR count). The van der Waals surface area contributed by atoms with Gasteiger partial charge in [0.25, 0.3) is 0 Å². The Morgan fingerprint density at radius 3 is 1.88 bits per heavy atom. The van der Waals surface area contributed by atoms with E-state index >= 15 is 0 Å². The highest BCUT2D eigenvalue weighted by molar-refractivity contribution is 4.64. The molecular formula is C14H29O2. The normalized spacial score (nSPS) is 19.1. The maximum absolute atomic E-state index is 10.9. The Labute approximate surface area is 101 Å². The molecule has 0 spiro atoms. The zero-order valence-electron chi connectivity index (χ0n) is 11.7. The first-order valence-corrected chi connectivity index (χ1v) is 6.72. The van der Waals surface area contributed by atoms with Crippen molar-refractivity contribution in [2.45, 2.75) is 47.5 Å². The van der Waals surface area contributed by atoms with Crippen molar-refractivity contribution in [1.82, 2.24) is 0 Å². The summed E-state index contributed by atoms with van der Waals surface area (Å²) in [6.07, 6.45) is 2.17. The first kappa shape index (κ1) is 15.9. The van der Waals surface area contributed by atoms with E-state index in [0.717, 1.165) is 25.6 Å². The summed E-state index contributed by atoms with van der Waals surface area (Å²) in [5.74, 6) is 2.01. The summed E-state index contributed by atoms with van der Waals surface area (Å²) in [4.78, 5) is 0. The number of rotatable bonds is 9. The Balaban J connectivity index is 3.72. The quantitative estimate of drug-likeness (QED) is 0.591. The lowest BCUT2D eigenvalue weighted by molar-refractivity contribution is 0.0280. The Morgan fingerprint density at radius 2 is 1.44 bits per heavy atom. The fourth-order valence-corrected chi connectivity index (χ4v) is 1.83. The zero-order valence-corrected chi connectivity index (χ0v) is 11.7. The van der Waals surface area contributed by atoms with Gasteiger partial charge in [0.05, 0.1) is 6.61 Å². The number of ether oxygens (including phenoxy) is 1. The maximum Gasteiger partial charge on any atom is 0.0853 e. The number of hydrogen-bond donors (Lipinski definition) is 0. The highest BCUT2D eigenvalue weighted by Gasteiger charge is 2.16. The minimum Gasteiger partial charge on any atom is -0.381 e. The van der Waals surface area contributed by atoms with Gasteiger partial charge in [0.15, 0.2) is 0 Å². The smallest absolute Gasteiger partial charge is 0.0853 e. The summed E-state index contributed by atoms with van der Waals surface area (Å²) in [5, 5.41) is 10.9. The molecule has 0 bridgehead atoms. The van der Waals surface area contributed by atoms with Gasteiger partial charge >= 0.3 is 0 Å². The first-order chi connectivity index (χ1) is 7.56. The third kappa shape index (κ3) is 5.86. The van der Waals surface area contributed by atoms with Crippen LogP contribution in [0.2, 0.25) is 0 Å². The standard InChI is InChI=1S/C14H29O2/c1-6-11(3)12(4)9-16-10-13(5)14(7-2)8-15/h11-14H,6-10H2,1-5H3. The third-order valence-electron chi connectivity index (χ3n) is 3.92. The molecule has 1 radical (unpaired) electrons. The van der Waals surface area contributed by atoms with E-state index in [-0.39, 0.29) is 12.5 Å². The second-order valence-electron chi connectivity index (χ2n) is 5.21. The van der Waals surface area contributed by atoms with Crippen LogP contribution in [0.3, 0.4) is 0 Å². The van der Waals surface area contributed by atoms with E-state index in [1.54, 1.807) is 0 Å². The topological polar surface area (TPSA) is 29.1 Å². The molecule has 0 saturated heterocycles. The second kappa shape index (κ2) is 9.00. The monoisotopic (exact) mass is 229 g/mol. The molecule has 0 heterocycles. The Hall–Kier alpha value is -0.0800. The van der Waals surface area contributed by atoms with Gasteiger partial charge in [-0.15, -0.1) is 0 Å². The van der Waals surface area contributed by atoms with Crippen molar-refractivity contribution in [2.24, 2.45) is 23.7 Å². The molecule has 2 heteroatoms. The van der Waals surface area contributed by atoms with Crippen LogP contribution in [0.25, 0.3) is 0 Å². The van der Waals surface area contributed by atoms with E-state index in [4.69, 9.17) is 4.74 Å². The molecule has 16 heavy (non-hydrogen) atoms. The lowest BCUT2D eigenvalue weighted by Crippen LogP contribution is -2.22. The third-order valence-corrected chi connectivity index (χ3v) is 3.92. The minimum absolute atomic E-state index is 0.0297. The van der Waals surface area contributed by atoms with E-state index in [9.17, 15) is 5.11 Å². The van der Waals surface area contributed by atoms with Crippen molar-refractivity contribution < 1.29 is 9.84 Å². The highest BCUT2D eigenvalue weighted by atomic mass is 16.5. The van der Waals surface area contributed by atoms with Crippen molar-refractivity contribution in [1.29, 1.82) is 0 Å². The van der Waals surface area contributed by atoms with Crippen molar-refractivity contribution in [2.75, 3.05) is 19.8 Å². The predicted molar refractivity (Wildman–Crippen MR) is 67.9 cm³/mol. The molecule has 0 amide bonds. The van der Waals surface area contributed by atoms with Crippen LogP contribution in [0.1, 0.15) is 47.5 Å². The van der Waals surface area contributed by atoms with Crippen LogP contribution in [0, 0.1) is 23.7 Å². The van der Waals surface area contributed by atoms with Crippen LogP contribution in [0.15, 0.2) is 0 Å². The molecule has 0 aromatic carbocycles. The molecule has 2 nitrogen and oxygen atoms in total. The van der Waals surface area contributed by atoms with Gasteiger partial charge in [0.1, 0.15) is 0 Å². The molecular weight excluding hydrogens is 200 g/mol. The van der Waals surface area contributed by atoms with Gasteiger partial charge in [0, 0.05) is 13.2 Å². The Kier molecular flexibility index (Phi) is 8.96. The summed E-state index contributed by atoms with van der Waals surface area (Å²) in [7, 11) is 0. The molecule has 0 aliphatic heterocycles. The highest BCUT2D eigenvalue weighted by Crippen LogP contribution is 2.18. The molecule has 0 saturated carbocycles. The largest absolute Gasteiger partial charge is 0.381 e. The fourth-order valence-electron chi connectivity index (χ4n) is 1.83. The van der Waals surface area contributed by atoms with Crippen LogP contribution in [-0.2, 0) is 9.84 Å². The molecule has 4 atom stereocenters. The van der Waals surface area contributed by atoms with Crippen LogP contribution in [0.4, 0.5) is 0 Å². The molecule has 4 unspecified atom stereocenters. The summed E-state index contributed by atoms with van der Waals surface area (Å²) < 4.78 is 5.73. The minimum atomic E-state index is 0.0297. The van der Waals surface area contributed by atoms with Gasteiger partial charge in [-0.3, -0.25) is 0 Å². The summed E-state index contributed by atoms with van der Waals surface area (Å²) >= 11 is 0. The summed E-state index contributed by atoms with van der Waals surface area (Å²) in [6.45, 7) is 12.5. The summed E-state index contributed by atoms with van der Waals surface area (Å²) in [6, 6.07) is 0. The average Bonchev–Trinajstić information content (AvgIpc) is 2.29. The van der Waals surface area contributed by atoms with E-state index in [1.165, 1.54) is 6.42 Å². The summed E-state index contributed by atoms with van der Waals surface area (Å²) in [5.41, 5.74) is 0. The van der Waals surface area contributed by atoms with Crippen LogP contribution in [0.5, 0.6) is 0 Å². The van der Waals surface area contributed by atoms with E-state index < -0.39 is 0 Å². The van der Waals surface area contributed by atoms with E-state index in [2.05, 4.69) is 34.6 Å². The molecule has 97 valence electrons. The van der Waals surface area contributed by atoms with Gasteiger partial charge in [0.2, 0.25) is 0 Å². The maximum atomic E-state index is 10.9. The predicted octanol–water partition coefficient (Wildman–Crippen LogP) is 3.78. The van der Waals surface area contributed by atoms with E-state index in [0.29, 0.717) is 11.8 Å². The molecule has 0 fully saturated rings. The molecule has 0 N–H and O–H groups in total. The van der Waals surface area contributed by atoms with Crippen molar-refractivity contribution in [3.8, 4) is 0 Å². The van der Waals surface area contributed by atoms with E-state index in [1.807, 2.05) is 0 Å². The molecule has 0 aromatic rings. The Bertz CT molecular complexity index is 155. The second-order valence-corrected chi connectivity index (χ2v) is 5.21. The molecule has 0 aromatic heterocycles.